The van der Waals surface area contributed by atoms with E-state index in [1.807, 2.05) is 0 Å². The third-order valence-electron chi connectivity index (χ3n) is 1.49. The minimum Gasteiger partial charge on any atom is -0.506 e. The van der Waals surface area contributed by atoms with Crippen LogP contribution in [0.5, 0.6) is 5.75 Å². The first-order valence-corrected chi connectivity index (χ1v) is 4.63. The van der Waals surface area contributed by atoms with E-state index < -0.39 is 5.78 Å². The molecule has 0 amide bonds. The van der Waals surface area contributed by atoms with E-state index in [0.29, 0.717) is 0 Å². The van der Waals surface area contributed by atoms with Crippen LogP contribution in [0.2, 0.25) is 10.0 Å². The Hall–Kier alpha value is -0.440. The fraction of sp³-hybridized carbons (Fsp3) is 0.125. The third-order valence-corrected chi connectivity index (χ3v) is 2.53. The lowest BCUT2D eigenvalue weighted by Crippen LogP contribution is -2.00. The number of phenolic OH excluding ortho intramolecular Hbond substituents is 1. The molecule has 1 rings (SSSR count). The van der Waals surface area contributed by atoms with Crippen LogP contribution in [0.25, 0.3) is 0 Å². The number of carbonyl (C=O) groups is 1. The van der Waals surface area contributed by atoms with Crippen LogP contribution < -0.4 is 0 Å². The maximum atomic E-state index is 11.1. The Morgan fingerprint density at radius 3 is 2.54 bits per heavy atom. The fourth-order valence-electron chi connectivity index (χ4n) is 0.837. The monoisotopic (exact) mass is 238 g/mol. The highest BCUT2D eigenvalue weighted by atomic mass is 35.5. The summed E-state index contributed by atoms with van der Waals surface area (Å²) >= 11 is 16.5. The minimum absolute atomic E-state index is 0.0300. The zero-order valence-corrected chi connectivity index (χ0v) is 8.62. The summed E-state index contributed by atoms with van der Waals surface area (Å²) in [7, 11) is 0. The summed E-state index contributed by atoms with van der Waals surface area (Å²) < 4.78 is 0. The molecule has 0 aliphatic carbocycles. The zero-order chi connectivity index (χ0) is 10.0. The zero-order valence-electron chi connectivity index (χ0n) is 6.35. The number of halogens is 3. The summed E-state index contributed by atoms with van der Waals surface area (Å²) in [4.78, 5) is 11.1. The first-order valence-electron chi connectivity index (χ1n) is 3.34. The molecular formula is C8H5Cl3O2. The van der Waals surface area contributed by atoms with Crippen molar-refractivity contribution < 1.29 is 9.90 Å². The van der Waals surface area contributed by atoms with Crippen LogP contribution in [0.1, 0.15) is 10.4 Å². The molecule has 1 N–H and O–H groups in total. The van der Waals surface area contributed by atoms with Crippen LogP contribution in [-0.2, 0) is 0 Å². The van der Waals surface area contributed by atoms with Gasteiger partial charge in [-0.1, -0.05) is 23.2 Å². The van der Waals surface area contributed by atoms with Crippen LogP contribution in [0.3, 0.4) is 0 Å². The van der Waals surface area contributed by atoms with Gasteiger partial charge in [0.2, 0.25) is 0 Å². The molecule has 0 aliphatic rings. The topological polar surface area (TPSA) is 37.3 Å². The molecule has 13 heavy (non-hydrogen) atoms. The predicted octanol–water partition coefficient (Wildman–Crippen LogP) is 3.12. The van der Waals surface area contributed by atoms with Crippen molar-refractivity contribution in [2.45, 2.75) is 0 Å². The predicted molar refractivity (Wildman–Crippen MR) is 53.2 cm³/mol. The first-order chi connectivity index (χ1) is 6.07. The fourth-order valence-corrected chi connectivity index (χ4v) is 1.30. The molecule has 0 saturated carbocycles. The standard InChI is InChI=1S/C8H5Cl3O2/c9-3-6(12)4-1-2-5(10)7(11)8(4)13/h1-2,13H,3H2. The molecule has 0 bridgehead atoms. The molecule has 0 unspecified atom stereocenters. The average Bonchev–Trinajstić information content (AvgIpc) is 2.13. The smallest absolute Gasteiger partial charge is 0.181 e. The van der Waals surface area contributed by atoms with Crippen LogP contribution in [0, 0.1) is 0 Å². The molecule has 70 valence electrons. The van der Waals surface area contributed by atoms with Crippen molar-refractivity contribution in [3.05, 3.63) is 27.7 Å². The Labute approximate surface area is 90.0 Å². The number of carbonyl (C=O) groups excluding carboxylic acids is 1. The van der Waals surface area contributed by atoms with E-state index in [-0.39, 0.29) is 27.2 Å². The molecule has 1 aromatic rings. The number of hydrogen-bond donors (Lipinski definition) is 1. The molecule has 0 fully saturated rings. The Balaban J connectivity index is 3.26. The highest BCUT2D eigenvalue weighted by Crippen LogP contribution is 2.34. The summed E-state index contributed by atoms with van der Waals surface area (Å²) in [6.45, 7) is 0. The summed E-state index contributed by atoms with van der Waals surface area (Å²) in [6.07, 6.45) is 0. The van der Waals surface area contributed by atoms with Crippen LogP contribution in [0.15, 0.2) is 12.1 Å². The molecule has 1 aromatic carbocycles. The lowest BCUT2D eigenvalue weighted by Gasteiger charge is -2.04. The second-order valence-electron chi connectivity index (χ2n) is 2.31. The van der Waals surface area contributed by atoms with E-state index >= 15 is 0 Å². The SMILES string of the molecule is O=C(CCl)c1ccc(Cl)c(Cl)c1O. The van der Waals surface area contributed by atoms with Gasteiger partial charge in [-0.05, 0) is 12.1 Å². The van der Waals surface area contributed by atoms with Crippen LogP contribution in [0.4, 0.5) is 0 Å². The Morgan fingerprint density at radius 2 is 2.00 bits per heavy atom. The molecule has 0 atom stereocenters. The van der Waals surface area contributed by atoms with E-state index in [0.717, 1.165) is 0 Å². The Kier molecular flexibility index (Phi) is 3.42. The van der Waals surface area contributed by atoms with Crippen molar-refractivity contribution in [2.75, 3.05) is 5.88 Å². The van der Waals surface area contributed by atoms with Crippen molar-refractivity contribution in [2.24, 2.45) is 0 Å². The summed E-state index contributed by atoms with van der Waals surface area (Å²) in [5.41, 5.74) is 0.0874. The lowest BCUT2D eigenvalue weighted by atomic mass is 10.1. The van der Waals surface area contributed by atoms with Gasteiger partial charge < -0.3 is 5.11 Å². The highest BCUT2D eigenvalue weighted by molar-refractivity contribution is 6.43. The van der Waals surface area contributed by atoms with Gasteiger partial charge in [-0.3, -0.25) is 4.79 Å². The van der Waals surface area contributed by atoms with E-state index in [1.54, 1.807) is 0 Å². The minimum atomic E-state index is -0.391. The number of ketones is 1. The molecule has 0 saturated heterocycles. The molecular weight excluding hydrogens is 234 g/mol. The normalized spacial score (nSPS) is 10.1. The van der Waals surface area contributed by atoms with E-state index in [9.17, 15) is 9.90 Å². The van der Waals surface area contributed by atoms with Crippen molar-refractivity contribution in [1.29, 1.82) is 0 Å². The molecule has 5 heteroatoms. The van der Waals surface area contributed by atoms with Gasteiger partial charge in [0.05, 0.1) is 16.5 Å². The van der Waals surface area contributed by atoms with Crippen molar-refractivity contribution in [1.82, 2.24) is 0 Å². The van der Waals surface area contributed by atoms with Gasteiger partial charge in [0.1, 0.15) is 10.8 Å². The van der Waals surface area contributed by atoms with Gasteiger partial charge in [-0.25, -0.2) is 0 Å². The number of aromatic hydroxyl groups is 1. The van der Waals surface area contributed by atoms with Crippen molar-refractivity contribution in [3.8, 4) is 5.75 Å². The number of hydrogen-bond acceptors (Lipinski definition) is 2. The largest absolute Gasteiger partial charge is 0.506 e. The molecule has 0 spiro atoms. The van der Waals surface area contributed by atoms with E-state index in [1.165, 1.54) is 12.1 Å². The van der Waals surface area contributed by atoms with Crippen molar-refractivity contribution >= 4 is 40.6 Å². The number of Topliss-reactive ketones (excluding diaryl/α,β-unsaturated/α-hetero) is 1. The molecule has 2 nitrogen and oxygen atoms in total. The number of rotatable bonds is 2. The quantitative estimate of drug-likeness (QED) is 0.636. The first kappa shape index (κ1) is 10.6. The number of benzene rings is 1. The molecule has 0 aliphatic heterocycles. The summed E-state index contributed by atoms with van der Waals surface area (Å²) in [5.74, 6) is -0.913. The third kappa shape index (κ3) is 2.08. The number of alkyl halides is 1. The van der Waals surface area contributed by atoms with Gasteiger partial charge in [-0.2, -0.15) is 0 Å². The highest BCUT2D eigenvalue weighted by Gasteiger charge is 2.14. The van der Waals surface area contributed by atoms with Gasteiger partial charge in [0.15, 0.2) is 5.78 Å². The van der Waals surface area contributed by atoms with E-state index in [4.69, 9.17) is 34.8 Å². The average molecular weight is 239 g/mol. The lowest BCUT2D eigenvalue weighted by molar-refractivity contribution is 0.101. The van der Waals surface area contributed by atoms with E-state index in [2.05, 4.69) is 0 Å². The van der Waals surface area contributed by atoms with Crippen LogP contribution >= 0.6 is 34.8 Å². The maximum absolute atomic E-state index is 11.1. The number of phenols is 1. The molecule has 0 heterocycles. The maximum Gasteiger partial charge on any atom is 0.181 e. The van der Waals surface area contributed by atoms with Crippen molar-refractivity contribution in [3.63, 3.8) is 0 Å². The van der Waals surface area contributed by atoms with Crippen LogP contribution in [-0.4, -0.2) is 16.8 Å². The van der Waals surface area contributed by atoms with Gasteiger partial charge in [0, 0.05) is 0 Å². The second-order valence-corrected chi connectivity index (χ2v) is 3.37. The molecule has 0 radical (unpaired) electrons. The Morgan fingerprint density at radius 1 is 1.38 bits per heavy atom. The summed E-state index contributed by atoms with van der Waals surface area (Å²) in [6, 6.07) is 2.82. The Bertz CT molecular complexity index is 349. The van der Waals surface area contributed by atoms with Gasteiger partial charge >= 0.3 is 0 Å². The summed E-state index contributed by atoms with van der Waals surface area (Å²) in [5, 5.41) is 9.55. The second kappa shape index (κ2) is 4.18. The molecule has 0 aromatic heterocycles. The van der Waals surface area contributed by atoms with Gasteiger partial charge in [-0.15, -0.1) is 11.6 Å². The van der Waals surface area contributed by atoms with Gasteiger partial charge in [0.25, 0.3) is 0 Å².